The average Bonchev–Trinajstić information content (AvgIpc) is 2.34. The molecular formula is C15H21FN2S. The molecule has 1 aromatic rings. The van der Waals surface area contributed by atoms with Crippen LogP contribution in [0.3, 0.4) is 0 Å². The molecule has 2 nitrogen and oxygen atoms in total. The van der Waals surface area contributed by atoms with Gasteiger partial charge in [-0.05, 0) is 50.4 Å². The van der Waals surface area contributed by atoms with Gasteiger partial charge in [-0.25, -0.2) is 4.39 Å². The quantitative estimate of drug-likeness (QED) is 0.863. The summed E-state index contributed by atoms with van der Waals surface area (Å²) in [5.74, 6) is 0.588. The molecule has 0 aliphatic carbocycles. The predicted octanol–water partition coefficient (Wildman–Crippen LogP) is 3.08. The molecule has 2 rings (SSSR count). The summed E-state index contributed by atoms with van der Waals surface area (Å²) in [7, 11) is 0. The fraction of sp³-hybridized carbons (Fsp3) is 0.533. The number of benzene rings is 1. The lowest BCUT2D eigenvalue weighted by molar-refractivity contribution is 0.121. The lowest BCUT2D eigenvalue weighted by Gasteiger charge is -2.36. The fourth-order valence-corrected chi connectivity index (χ4v) is 2.89. The van der Waals surface area contributed by atoms with Crippen molar-refractivity contribution in [1.29, 1.82) is 0 Å². The number of nitrogens with two attached hydrogens (primary N) is 1. The molecule has 0 bridgehead atoms. The van der Waals surface area contributed by atoms with E-state index in [9.17, 15) is 4.39 Å². The Morgan fingerprint density at radius 3 is 2.84 bits per heavy atom. The highest BCUT2D eigenvalue weighted by Gasteiger charge is 2.23. The molecule has 104 valence electrons. The van der Waals surface area contributed by atoms with Crippen LogP contribution in [0, 0.1) is 11.7 Å². The third-order valence-electron chi connectivity index (χ3n) is 3.98. The molecule has 0 spiro atoms. The first kappa shape index (κ1) is 14.4. The van der Waals surface area contributed by atoms with Crippen LogP contribution in [0.2, 0.25) is 0 Å². The molecule has 1 aliphatic heterocycles. The minimum atomic E-state index is -0.175. The smallest absolute Gasteiger partial charge is 0.127 e. The Morgan fingerprint density at radius 1 is 1.47 bits per heavy atom. The molecular weight excluding hydrogens is 259 g/mol. The summed E-state index contributed by atoms with van der Waals surface area (Å²) in [5, 5.41) is 0. The van der Waals surface area contributed by atoms with Crippen molar-refractivity contribution < 1.29 is 4.39 Å². The van der Waals surface area contributed by atoms with Crippen molar-refractivity contribution in [2.24, 2.45) is 11.7 Å². The van der Waals surface area contributed by atoms with Crippen LogP contribution < -0.4 is 5.73 Å². The maximum atomic E-state index is 13.9. The van der Waals surface area contributed by atoms with E-state index < -0.39 is 0 Å². The van der Waals surface area contributed by atoms with E-state index in [4.69, 9.17) is 18.0 Å². The second kappa shape index (κ2) is 5.97. The standard InChI is InChI=1S/C15H21FN2S/c1-10-5-6-18(11(2)7-10)9-13-8-12(15(17)19)3-4-14(13)16/h3-4,8,10-11H,5-7,9H2,1-2H3,(H2,17,19). The van der Waals surface area contributed by atoms with Crippen molar-refractivity contribution in [2.45, 2.75) is 39.3 Å². The molecule has 1 aromatic carbocycles. The number of hydrogen-bond acceptors (Lipinski definition) is 2. The van der Waals surface area contributed by atoms with Gasteiger partial charge in [0.25, 0.3) is 0 Å². The van der Waals surface area contributed by atoms with Gasteiger partial charge in [0.05, 0.1) is 0 Å². The molecule has 0 aromatic heterocycles. The highest BCUT2D eigenvalue weighted by atomic mass is 32.1. The summed E-state index contributed by atoms with van der Waals surface area (Å²) in [5.41, 5.74) is 7.03. The third-order valence-corrected chi connectivity index (χ3v) is 4.22. The van der Waals surface area contributed by atoms with Crippen LogP contribution >= 0.6 is 12.2 Å². The van der Waals surface area contributed by atoms with E-state index in [1.807, 2.05) is 0 Å². The lowest BCUT2D eigenvalue weighted by Crippen LogP contribution is -2.39. The number of likely N-dealkylation sites (tertiary alicyclic amines) is 1. The topological polar surface area (TPSA) is 29.3 Å². The van der Waals surface area contributed by atoms with Gasteiger partial charge in [0.15, 0.2) is 0 Å². The van der Waals surface area contributed by atoms with Gasteiger partial charge in [0.1, 0.15) is 10.8 Å². The first-order valence-corrected chi connectivity index (χ1v) is 7.20. The van der Waals surface area contributed by atoms with Crippen molar-refractivity contribution in [1.82, 2.24) is 4.90 Å². The summed E-state index contributed by atoms with van der Waals surface area (Å²) < 4.78 is 13.9. The molecule has 2 N–H and O–H groups in total. The molecule has 1 saturated heterocycles. The largest absolute Gasteiger partial charge is 0.389 e. The maximum absolute atomic E-state index is 13.9. The van der Waals surface area contributed by atoms with E-state index >= 15 is 0 Å². The Balaban J connectivity index is 2.14. The molecule has 0 saturated carbocycles. The zero-order chi connectivity index (χ0) is 14.0. The van der Waals surface area contributed by atoms with Gasteiger partial charge < -0.3 is 5.73 Å². The minimum absolute atomic E-state index is 0.175. The molecule has 4 heteroatoms. The number of rotatable bonds is 3. The summed E-state index contributed by atoms with van der Waals surface area (Å²) in [6.45, 7) is 6.15. The van der Waals surface area contributed by atoms with Crippen LogP contribution in [0.5, 0.6) is 0 Å². The Labute approximate surface area is 119 Å². The summed E-state index contributed by atoms with van der Waals surface area (Å²) in [6.07, 6.45) is 2.36. The molecule has 1 fully saturated rings. The molecule has 1 aliphatic rings. The number of thiocarbonyl (C=S) groups is 1. The van der Waals surface area contributed by atoms with Gasteiger partial charge in [0, 0.05) is 23.7 Å². The number of nitrogens with zero attached hydrogens (tertiary/aromatic N) is 1. The van der Waals surface area contributed by atoms with E-state index in [-0.39, 0.29) is 5.82 Å². The first-order chi connectivity index (χ1) is 8.97. The van der Waals surface area contributed by atoms with E-state index in [1.54, 1.807) is 12.1 Å². The fourth-order valence-electron chi connectivity index (χ4n) is 2.76. The van der Waals surface area contributed by atoms with E-state index in [0.717, 1.165) is 18.0 Å². The van der Waals surface area contributed by atoms with Crippen LogP contribution in [-0.2, 0) is 6.54 Å². The van der Waals surface area contributed by atoms with Crippen LogP contribution in [0.15, 0.2) is 18.2 Å². The highest BCUT2D eigenvalue weighted by Crippen LogP contribution is 2.24. The molecule has 0 radical (unpaired) electrons. The number of halogens is 1. The van der Waals surface area contributed by atoms with Gasteiger partial charge in [-0.3, -0.25) is 4.90 Å². The van der Waals surface area contributed by atoms with Crippen molar-refractivity contribution >= 4 is 17.2 Å². The lowest BCUT2D eigenvalue weighted by atomic mass is 9.93. The molecule has 2 unspecified atom stereocenters. The van der Waals surface area contributed by atoms with E-state index in [1.165, 1.54) is 18.9 Å². The molecule has 2 atom stereocenters. The Kier molecular flexibility index (Phi) is 4.53. The van der Waals surface area contributed by atoms with Gasteiger partial charge in [-0.1, -0.05) is 19.1 Å². The molecule has 19 heavy (non-hydrogen) atoms. The van der Waals surface area contributed by atoms with Crippen molar-refractivity contribution in [3.05, 3.63) is 35.1 Å². The van der Waals surface area contributed by atoms with Crippen molar-refractivity contribution in [2.75, 3.05) is 6.54 Å². The second-order valence-electron chi connectivity index (χ2n) is 5.62. The minimum Gasteiger partial charge on any atom is -0.389 e. The van der Waals surface area contributed by atoms with Crippen LogP contribution in [0.25, 0.3) is 0 Å². The van der Waals surface area contributed by atoms with E-state index in [2.05, 4.69) is 18.7 Å². The Morgan fingerprint density at radius 2 is 2.21 bits per heavy atom. The van der Waals surface area contributed by atoms with Crippen molar-refractivity contribution in [3.8, 4) is 0 Å². The average molecular weight is 280 g/mol. The zero-order valence-electron chi connectivity index (χ0n) is 11.5. The summed E-state index contributed by atoms with van der Waals surface area (Å²) in [4.78, 5) is 2.66. The highest BCUT2D eigenvalue weighted by molar-refractivity contribution is 7.80. The summed E-state index contributed by atoms with van der Waals surface area (Å²) >= 11 is 4.95. The van der Waals surface area contributed by atoms with Crippen molar-refractivity contribution in [3.63, 3.8) is 0 Å². The van der Waals surface area contributed by atoms with Crippen LogP contribution in [-0.4, -0.2) is 22.5 Å². The van der Waals surface area contributed by atoms with Gasteiger partial charge in [-0.15, -0.1) is 0 Å². The van der Waals surface area contributed by atoms with Crippen LogP contribution in [0.1, 0.15) is 37.8 Å². The normalized spacial score (nSPS) is 24.4. The second-order valence-corrected chi connectivity index (χ2v) is 6.06. The first-order valence-electron chi connectivity index (χ1n) is 6.79. The van der Waals surface area contributed by atoms with Crippen LogP contribution in [0.4, 0.5) is 4.39 Å². The SMILES string of the molecule is CC1CCN(Cc2cc(C(N)=S)ccc2F)C(C)C1. The van der Waals surface area contributed by atoms with Gasteiger partial charge in [-0.2, -0.15) is 0 Å². The number of piperidine rings is 1. The summed E-state index contributed by atoms with van der Waals surface area (Å²) in [6, 6.07) is 5.38. The van der Waals surface area contributed by atoms with Gasteiger partial charge in [0.2, 0.25) is 0 Å². The monoisotopic (exact) mass is 280 g/mol. The third kappa shape index (κ3) is 3.51. The Bertz CT molecular complexity index is 475. The maximum Gasteiger partial charge on any atom is 0.127 e. The Hall–Kier alpha value is -1.00. The zero-order valence-corrected chi connectivity index (χ0v) is 12.3. The number of hydrogen-bond donors (Lipinski definition) is 1. The molecule has 0 amide bonds. The van der Waals surface area contributed by atoms with Gasteiger partial charge >= 0.3 is 0 Å². The molecule has 1 heterocycles. The predicted molar refractivity (Wildman–Crippen MR) is 80.6 cm³/mol. The van der Waals surface area contributed by atoms with E-state index in [0.29, 0.717) is 23.1 Å².